The van der Waals surface area contributed by atoms with Gasteiger partial charge >= 0.3 is 0 Å². The Morgan fingerprint density at radius 3 is 1.65 bits per heavy atom. The predicted octanol–water partition coefficient (Wildman–Crippen LogP) is 12.3. The van der Waals surface area contributed by atoms with Crippen LogP contribution in [-0.4, -0.2) is 0 Å². The molecule has 1 aliphatic carbocycles. The lowest BCUT2D eigenvalue weighted by Crippen LogP contribution is -2.32. The van der Waals surface area contributed by atoms with Crippen molar-refractivity contribution in [2.24, 2.45) is 0 Å². The lowest BCUT2D eigenvalue weighted by molar-refractivity contribution is 0.436. The van der Waals surface area contributed by atoms with E-state index in [2.05, 4.69) is 6.07 Å². The average molecular weight is 626 g/mol. The van der Waals surface area contributed by atoms with Gasteiger partial charge in [-0.3, -0.25) is 0 Å². The van der Waals surface area contributed by atoms with Crippen LogP contribution in [0.4, 0.5) is 0 Å². The first-order chi connectivity index (χ1) is 30.0. The minimum absolute atomic E-state index is 0.0870. The molecule has 0 unspecified atom stereocenters. The summed E-state index contributed by atoms with van der Waals surface area (Å²) in [6, 6.07) is 18.5. The number of rotatable bonds is 3. The summed E-state index contributed by atoms with van der Waals surface area (Å²) in [4.78, 5) is 0. The van der Waals surface area contributed by atoms with Crippen molar-refractivity contribution in [3.63, 3.8) is 0 Å². The first kappa shape index (κ1) is 16.1. The van der Waals surface area contributed by atoms with Gasteiger partial charge < -0.3 is 4.74 Å². The van der Waals surface area contributed by atoms with Crippen molar-refractivity contribution in [3.05, 3.63) is 204 Å². The van der Waals surface area contributed by atoms with Crippen LogP contribution in [0.5, 0.6) is 11.5 Å². The Bertz CT molecular complexity index is 3290. The Kier molecular flexibility index (Phi) is 3.49. The molecule has 1 aliphatic heterocycles. The second-order valence-electron chi connectivity index (χ2n) is 11.7. The van der Waals surface area contributed by atoms with E-state index >= 15 is 0 Å². The number of hydrogen-bond donors (Lipinski definition) is 0. The summed E-state index contributed by atoms with van der Waals surface area (Å²) in [6.07, 6.45) is 0. The molecule has 0 bridgehead atoms. The van der Waals surface area contributed by atoms with E-state index in [4.69, 9.17) is 17.1 Å². The molecule has 1 heterocycles. The monoisotopic (exact) mass is 625 g/mol. The lowest BCUT2D eigenvalue weighted by atomic mass is 9.66. The fraction of sp³-hybridized carbons (Fsp3) is 0.0213. The second-order valence-corrected chi connectivity index (χ2v) is 11.7. The van der Waals surface area contributed by atoms with Gasteiger partial charge in [-0.25, -0.2) is 0 Å². The highest BCUT2D eigenvalue weighted by Gasteiger charge is 2.50. The molecule has 0 atom stereocenters. The van der Waals surface area contributed by atoms with Gasteiger partial charge in [0.05, 0.1) is 26.0 Å². The third-order valence-corrected chi connectivity index (χ3v) is 9.23. The zero-order valence-electron chi connectivity index (χ0n) is 40.1. The second kappa shape index (κ2) is 10.4. The smallest absolute Gasteiger partial charge is 0.132 e. The van der Waals surface area contributed by atoms with Crippen molar-refractivity contribution in [2.45, 2.75) is 5.41 Å². The minimum Gasteiger partial charge on any atom is -0.457 e. The molecule has 8 aromatic carbocycles. The quantitative estimate of drug-likeness (QED) is 0.190. The van der Waals surface area contributed by atoms with Gasteiger partial charge in [0, 0.05) is 11.1 Å². The molecule has 8 aromatic rings. The van der Waals surface area contributed by atoms with E-state index in [1.165, 1.54) is 0 Å². The van der Waals surface area contributed by atoms with Crippen LogP contribution in [0.3, 0.4) is 0 Å². The SMILES string of the molecule is [2H]c1c([2H])c([2H])c2c(c1[2H])Oc1c([2H])c(-c3ccc(-c4cccc5cccc(-c6ccccc6)c45)cc3)c([2H])c([2H])c1C21c2c([2H])c([2H])c([2H])c([2H])c2-c2c([2H])c([2H])c([2H])c([2H])c21. The van der Waals surface area contributed by atoms with E-state index in [0.29, 0.717) is 5.56 Å². The summed E-state index contributed by atoms with van der Waals surface area (Å²) in [5.74, 6) is -1.04. The highest BCUT2D eigenvalue weighted by atomic mass is 16.5. The van der Waals surface area contributed by atoms with Crippen molar-refractivity contribution in [1.29, 1.82) is 0 Å². The summed E-state index contributed by atoms with van der Waals surface area (Å²) in [5.41, 5.74) is -0.983. The van der Waals surface area contributed by atoms with E-state index in [1.807, 2.05) is 72.8 Å². The molecule has 0 amide bonds. The maximum atomic E-state index is 9.78. The maximum absolute atomic E-state index is 9.78. The highest BCUT2D eigenvalue weighted by Crippen LogP contribution is 2.62. The van der Waals surface area contributed by atoms with Gasteiger partial charge in [0.1, 0.15) is 11.5 Å². The van der Waals surface area contributed by atoms with Gasteiger partial charge in [-0.2, -0.15) is 0 Å². The van der Waals surface area contributed by atoms with Crippen LogP contribution < -0.4 is 4.74 Å². The van der Waals surface area contributed by atoms with Crippen LogP contribution >= 0.6 is 0 Å². The van der Waals surface area contributed by atoms with Crippen LogP contribution in [0.1, 0.15) is 42.8 Å². The molecular formula is C47H30O. The molecule has 224 valence electrons. The highest BCUT2D eigenvalue weighted by molar-refractivity contribution is 6.06. The topological polar surface area (TPSA) is 9.23 Å². The molecule has 10 rings (SSSR count). The molecule has 0 saturated heterocycles. The third kappa shape index (κ3) is 3.79. The van der Waals surface area contributed by atoms with Crippen LogP contribution in [0.2, 0.25) is 0 Å². The molecule has 1 heteroatoms. The third-order valence-electron chi connectivity index (χ3n) is 9.23. The fourth-order valence-electron chi connectivity index (χ4n) is 7.19. The molecule has 0 saturated carbocycles. The lowest BCUT2D eigenvalue weighted by Gasteiger charge is -2.39. The molecule has 0 N–H and O–H groups in total. The van der Waals surface area contributed by atoms with E-state index in [1.54, 1.807) is 12.1 Å². The summed E-state index contributed by atoms with van der Waals surface area (Å²) in [5, 5.41) is 2.03. The Morgan fingerprint density at radius 2 is 0.958 bits per heavy atom. The first-order valence-electron chi connectivity index (χ1n) is 22.9. The van der Waals surface area contributed by atoms with Crippen LogP contribution in [-0.2, 0) is 5.41 Å². The summed E-state index contributed by atoms with van der Waals surface area (Å²) >= 11 is 0. The van der Waals surface area contributed by atoms with E-state index in [0.717, 1.165) is 33.0 Å². The van der Waals surface area contributed by atoms with Gasteiger partial charge in [-0.1, -0.05) is 170 Å². The van der Waals surface area contributed by atoms with Crippen LogP contribution in [0.25, 0.3) is 55.3 Å². The molecule has 1 nitrogen and oxygen atoms in total. The van der Waals surface area contributed by atoms with Crippen molar-refractivity contribution >= 4 is 10.8 Å². The summed E-state index contributed by atoms with van der Waals surface area (Å²) in [6.45, 7) is 0. The van der Waals surface area contributed by atoms with Crippen molar-refractivity contribution < 1.29 is 25.3 Å². The maximum Gasteiger partial charge on any atom is 0.132 e. The number of fused-ring (bicyclic) bond motifs is 10. The van der Waals surface area contributed by atoms with Gasteiger partial charge in [-0.05, 0) is 78.5 Å². The zero-order valence-corrected chi connectivity index (χ0v) is 25.1. The first-order valence-corrected chi connectivity index (χ1v) is 15.4. The molecule has 0 radical (unpaired) electrons. The van der Waals surface area contributed by atoms with Gasteiger partial charge in [0.2, 0.25) is 0 Å². The fourth-order valence-corrected chi connectivity index (χ4v) is 7.19. The van der Waals surface area contributed by atoms with E-state index < -0.39 is 130 Å². The largest absolute Gasteiger partial charge is 0.457 e. The number of para-hydroxylation sites is 1. The van der Waals surface area contributed by atoms with Crippen LogP contribution in [0.15, 0.2) is 182 Å². The number of hydrogen-bond acceptors (Lipinski definition) is 1. The van der Waals surface area contributed by atoms with Gasteiger partial charge in [-0.15, -0.1) is 0 Å². The zero-order chi connectivity index (χ0) is 44.7. The predicted molar refractivity (Wildman–Crippen MR) is 198 cm³/mol. The molecule has 0 fully saturated rings. The molecule has 48 heavy (non-hydrogen) atoms. The molecule has 0 aromatic heterocycles. The van der Waals surface area contributed by atoms with Crippen molar-refractivity contribution in [3.8, 4) is 56.0 Å². The Hall–Kier alpha value is -6.18. The van der Waals surface area contributed by atoms with Gasteiger partial charge in [0.25, 0.3) is 0 Å². The van der Waals surface area contributed by atoms with Crippen molar-refractivity contribution in [1.82, 2.24) is 0 Å². The number of benzene rings is 8. The van der Waals surface area contributed by atoms with Crippen LogP contribution in [0, 0.1) is 0 Å². The molecule has 2 aliphatic rings. The number of ether oxygens (including phenoxy) is 1. The summed E-state index contributed by atoms with van der Waals surface area (Å²) in [7, 11) is 0. The van der Waals surface area contributed by atoms with E-state index in [-0.39, 0.29) is 16.7 Å². The van der Waals surface area contributed by atoms with E-state index in [9.17, 15) is 8.22 Å². The Labute approximate surface area is 301 Å². The van der Waals surface area contributed by atoms with Crippen molar-refractivity contribution in [2.75, 3.05) is 0 Å². The average Bonchev–Trinajstić information content (AvgIpc) is 3.60. The standard InChI is InChI=1S/C47H30O/c1-2-12-32(13-3-1)36-18-10-14-34-15-11-19-37(46(34)36)33-26-24-31(25-27-33)35-28-29-43-45(30-35)48-44-23-9-8-22-42(44)47(43)40-20-6-4-16-38(40)39-17-5-7-21-41(39)47/h1-30H/i4D,5D,6D,7D,8D,9D,16D,17D,20D,21D,22D,23D,28D,29D,30D. The molecular weight excluding hydrogens is 581 g/mol. The Morgan fingerprint density at radius 1 is 0.396 bits per heavy atom. The summed E-state index contributed by atoms with van der Waals surface area (Å²) < 4.78 is 143. The van der Waals surface area contributed by atoms with Gasteiger partial charge in [0.15, 0.2) is 0 Å². The minimum atomic E-state index is -2.54. The Balaban J connectivity index is 1.29. The molecule has 1 spiro atoms. The normalized spacial score (nSPS) is 17.7.